The minimum Gasteiger partial charge on any atom is -0.469 e. The monoisotopic (exact) mass is 328 g/mol. The van der Waals surface area contributed by atoms with Crippen LogP contribution in [0.2, 0.25) is 0 Å². The first-order chi connectivity index (χ1) is 10.4. The molecule has 0 aromatic heterocycles. The van der Waals surface area contributed by atoms with Gasteiger partial charge in [-0.05, 0) is 18.6 Å². The van der Waals surface area contributed by atoms with Crippen molar-refractivity contribution in [2.75, 3.05) is 27.2 Å². The van der Waals surface area contributed by atoms with Gasteiger partial charge in [0.1, 0.15) is 0 Å². The number of nitrogens with zero attached hydrogens (tertiary/aromatic N) is 1. The van der Waals surface area contributed by atoms with E-state index >= 15 is 0 Å². The van der Waals surface area contributed by atoms with Crippen molar-refractivity contribution in [3.8, 4) is 0 Å². The largest absolute Gasteiger partial charge is 0.469 e. The fraction of sp³-hybridized carbons (Fsp3) is 0.429. The molecule has 0 spiro atoms. The highest BCUT2D eigenvalue weighted by atomic mass is 32.2. The van der Waals surface area contributed by atoms with Crippen LogP contribution in [0.3, 0.4) is 0 Å². The Morgan fingerprint density at radius 1 is 1.23 bits per heavy atom. The van der Waals surface area contributed by atoms with E-state index in [-0.39, 0.29) is 30.4 Å². The van der Waals surface area contributed by atoms with E-state index in [4.69, 9.17) is 0 Å². The molecule has 8 heteroatoms. The van der Waals surface area contributed by atoms with Crippen LogP contribution >= 0.6 is 0 Å². The van der Waals surface area contributed by atoms with Crippen molar-refractivity contribution in [1.29, 1.82) is 0 Å². The molecule has 0 fully saturated rings. The van der Waals surface area contributed by atoms with E-state index in [1.807, 2.05) is 0 Å². The number of ether oxygens (including phenoxy) is 1. The predicted octanol–water partition coefficient (Wildman–Crippen LogP) is 0.377. The number of methoxy groups -OCH3 is 1. The van der Waals surface area contributed by atoms with Crippen LogP contribution < -0.4 is 5.32 Å². The smallest absolute Gasteiger partial charge is 0.305 e. The maximum atomic E-state index is 12.2. The van der Waals surface area contributed by atoms with Gasteiger partial charge < -0.3 is 10.1 Å². The molecule has 0 saturated heterocycles. The molecule has 122 valence electrons. The lowest BCUT2D eigenvalue weighted by Crippen LogP contribution is -2.38. The minimum absolute atomic E-state index is 0.135. The molecular weight excluding hydrogens is 308 g/mol. The van der Waals surface area contributed by atoms with Crippen LogP contribution in [-0.4, -0.2) is 51.8 Å². The summed E-state index contributed by atoms with van der Waals surface area (Å²) < 4.78 is 29.9. The minimum atomic E-state index is -3.68. The predicted molar refractivity (Wildman–Crippen MR) is 80.5 cm³/mol. The van der Waals surface area contributed by atoms with Crippen molar-refractivity contribution in [2.24, 2.45) is 0 Å². The third-order valence-electron chi connectivity index (χ3n) is 2.93. The van der Waals surface area contributed by atoms with Crippen molar-refractivity contribution in [3.05, 3.63) is 30.3 Å². The molecule has 7 nitrogen and oxygen atoms in total. The van der Waals surface area contributed by atoms with Gasteiger partial charge in [-0.25, -0.2) is 8.42 Å². The van der Waals surface area contributed by atoms with Gasteiger partial charge in [0.05, 0.1) is 18.6 Å². The fourth-order valence-corrected chi connectivity index (χ4v) is 2.83. The summed E-state index contributed by atoms with van der Waals surface area (Å²) in [5.74, 6) is -0.773. The molecule has 1 rings (SSSR count). The van der Waals surface area contributed by atoms with Crippen LogP contribution in [0, 0.1) is 0 Å². The molecule has 0 saturated carbocycles. The Labute approximate surface area is 130 Å². The zero-order chi connectivity index (χ0) is 16.6. The van der Waals surface area contributed by atoms with Gasteiger partial charge in [0.25, 0.3) is 0 Å². The van der Waals surface area contributed by atoms with Gasteiger partial charge in [-0.3, -0.25) is 9.59 Å². The number of esters is 1. The molecule has 0 bridgehead atoms. The molecule has 0 aliphatic rings. The summed E-state index contributed by atoms with van der Waals surface area (Å²) in [4.78, 5) is 22.7. The summed E-state index contributed by atoms with van der Waals surface area (Å²) in [5, 5.41) is 2.56. The summed E-state index contributed by atoms with van der Waals surface area (Å²) >= 11 is 0. The Bertz CT molecular complexity index is 601. The quantitative estimate of drug-likeness (QED) is 0.550. The van der Waals surface area contributed by atoms with Crippen LogP contribution in [0.15, 0.2) is 35.2 Å². The first kappa shape index (κ1) is 18.1. The molecular formula is C14H20N2O5S. The molecule has 1 N–H and O–H groups in total. The van der Waals surface area contributed by atoms with Crippen molar-refractivity contribution in [3.63, 3.8) is 0 Å². The first-order valence-corrected chi connectivity index (χ1v) is 8.17. The molecule has 0 aliphatic heterocycles. The Hall–Kier alpha value is -1.93. The summed E-state index contributed by atoms with van der Waals surface area (Å²) in [7, 11) is -1.04. The van der Waals surface area contributed by atoms with Gasteiger partial charge >= 0.3 is 5.97 Å². The van der Waals surface area contributed by atoms with Crippen molar-refractivity contribution < 1.29 is 22.7 Å². The molecule has 0 unspecified atom stereocenters. The van der Waals surface area contributed by atoms with Gasteiger partial charge in [0.2, 0.25) is 15.9 Å². The number of hydrogen-bond acceptors (Lipinski definition) is 5. The highest BCUT2D eigenvalue weighted by molar-refractivity contribution is 7.89. The number of rotatable bonds is 8. The number of likely N-dealkylation sites (N-methyl/N-ethyl adjacent to an activating group) is 1. The van der Waals surface area contributed by atoms with E-state index in [2.05, 4.69) is 10.1 Å². The van der Waals surface area contributed by atoms with Gasteiger partial charge in [-0.15, -0.1) is 0 Å². The molecule has 0 heterocycles. The molecule has 0 atom stereocenters. The van der Waals surface area contributed by atoms with Crippen LogP contribution in [0.25, 0.3) is 0 Å². The second-order valence-corrected chi connectivity index (χ2v) is 6.65. The second-order valence-electron chi connectivity index (χ2n) is 4.60. The number of sulfonamides is 1. The Morgan fingerprint density at radius 3 is 2.45 bits per heavy atom. The normalized spacial score (nSPS) is 11.2. The summed E-state index contributed by atoms with van der Waals surface area (Å²) in [6.07, 6.45) is 0.641. The number of hydrogen-bond donors (Lipinski definition) is 1. The van der Waals surface area contributed by atoms with E-state index in [9.17, 15) is 18.0 Å². The Balaban J connectivity index is 2.46. The molecule has 1 aromatic carbocycles. The van der Waals surface area contributed by atoms with E-state index in [0.717, 1.165) is 4.31 Å². The van der Waals surface area contributed by atoms with Crippen LogP contribution in [0.5, 0.6) is 0 Å². The van der Waals surface area contributed by atoms with E-state index in [1.54, 1.807) is 18.2 Å². The topological polar surface area (TPSA) is 92.8 Å². The Morgan fingerprint density at radius 2 is 1.86 bits per heavy atom. The molecule has 1 aromatic rings. The number of benzene rings is 1. The fourth-order valence-electron chi connectivity index (χ4n) is 1.68. The van der Waals surface area contributed by atoms with Crippen LogP contribution in [0.4, 0.5) is 0 Å². The Kier molecular flexibility index (Phi) is 7.00. The summed E-state index contributed by atoms with van der Waals surface area (Å²) in [6, 6.07) is 7.90. The average Bonchev–Trinajstić information content (AvgIpc) is 2.52. The third-order valence-corrected chi connectivity index (χ3v) is 4.74. The molecule has 0 radical (unpaired) electrons. The SMILES string of the molecule is COC(=O)CCCNC(=O)CN(C)S(=O)(=O)c1ccccc1. The number of amides is 1. The lowest BCUT2D eigenvalue weighted by molar-refractivity contribution is -0.140. The van der Waals surface area contributed by atoms with Crippen molar-refractivity contribution >= 4 is 21.9 Å². The summed E-state index contributed by atoms with van der Waals surface area (Å²) in [6.45, 7) is 0.00259. The third kappa shape index (κ3) is 5.45. The summed E-state index contributed by atoms with van der Waals surface area (Å²) in [5.41, 5.74) is 0. The molecule has 1 amide bonds. The molecule has 0 aliphatic carbocycles. The maximum Gasteiger partial charge on any atom is 0.305 e. The van der Waals surface area contributed by atoms with Gasteiger partial charge in [-0.1, -0.05) is 18.2 Å². The lowest BCUT2D eigenvalue weighted by atomic mass is 10.3. The highest BCUT2D eigenvalue weighted by Gasteiger charge is 2.22. The first-order valence-electron chi connectivity index (χ1n) is 6.73. The van der Waals surface area contributed by atoms with Crippen molar-refractivity contribution in [2.45, 2.75) is 17.7 Å². The average molecular weight is 328 g/mol. The number of carbonyl (C=O) groups is 2. The van der Waals surface area contributed by atoms with E-state index in [1.165, 1.54) is 26.3 Å². The van der Waals surface area contributed by atoms with Crippen molar-refractivity contribution in [1.82, 2.24) is 9.62 Å². The van der Waals surface area contributed by atoms with E-state index in [0.29, 0.717) is 6.42 Å². The number of nitrogens with one attached hydrogen (secondary N) is 1. The van der Waals surface area contributed by atoms with Crippen LogP contribution in [-0.2, 0) is 24.3 Å². The van der Waals surface area contributed by atoms with E-state index < -0.39 is 15.9 Å². The zero-order valence-electron chi connectivity index (χ0n) is 12.6. The van der Waals surface area contributed by atoms with Gasteiger partial charge in [0, 0.05) is 20.0 Å². The van der Waals surface area contributed by atoms with Crippen LogP contribution in [0.1, 0.15) is 12.8 Å². The number of carbonyl (C=O) groups excluding carboxylic acids is 2. The lowest BCUT2D eigenvalue weighted by Gasteiger charge is -2.16. The maximum absolute atomic E-state index is 12.2. The van der Waals surface area contributed by atoms with Gasteiger partial charge in [-0.2, -0.15) is 4.31 Å². The molecule has 22 heavy (non-hydrogen) atoms. The zero-order valence-corrected chi connectivity index (χ0v) is 13.4. The second kappa shape index (κ2) is 8.50. The standard InChI is InChI=1S/C14H20N2O5S/c1-16(22(19,20)12-7-4-3-5-8-12)11-13(17)15-10-6-9-14(18)21-2/h3-5,7-8H,6,9-11H2,1-2H3,(H,15,17). The van der Waals surface area contributed by atoms with Gasteiger partial charge in [0.15, 0.2) is 0 Å². The highest BCUT2D eigenvalue weighted by Crippen LogP contribution is 2.12.